The maximum atomic E-state index is 12.9. The van der Waals surface area contributed by atoms with E-state index in [9.17, 15) is 14.9 Å². The van der Waals surface area contributed by atoms with Crippen molar-refractivity contribution in [1.82, 2.24) is 14.7 Å². The average molecular weight is 499 g/mol. The van der Waals surface area contributed by atoms with E-state index in [0.29, 0.717) is 36.0 Å². The first-order valence-electron chi connectivity index (χ1n) is 12.6. The Morgan fingerprint density at radius 2 is 1.81 bits per heavy atom. The third kappa shape index (κ3) is 5.46. The van der Waals surface area contributed by atoms with Gasteiger partial charge in [-0.25, -0.2) is 4.98 Å². The number of benzene rings is 2. The Hall–Kier alpha value is -4.24. The van der Waals surface area contributed by atoms with E-state index < -0.39 is 4.92 Å². The van der Waals surface area contributed by atoms with Gasteiger partial charge in [-0.1, -0.05) is 43.5 Å². The Balaban J connectivity index is 1.44. The normalized spacial score (nSPS) is 14.0. The van der Waals surface area contributed by atoms with Crippen LogP contribution in [-0.4, -0.2) is 26.3 Å². The summed E-state index contributed by atoms with van der Waals surface area (Å²) in [6.07, 6.45) is 7.62. The van der Waals surface area contributed by atoms with Gasteiger partial charge in [0.05, 0.1) is 4.92 Å². The van der Waals surface area contributed by atoms with Crippen molar-refractivity contribution in [2.75, 3.05) is 5.32 Å². The summed E-state index contributed by atoms with van der Waals surface area (Å²) < 4.78 is 1.95. The van der Waals surface area contributed by atoms with Gasteiger partial charge in [-0.3, -0.25) is 19.3 Å². The SMILES string of the molecule is NCc1cccc(CNC(=O)c2ccn3c(NC4CCCCC4)c(-c4ccc([N+](=O)[O-])cc4)nc3c2)c1. The maximum absolute atomic E-state index is 12.9. The Kier molecular flexibility index (Phi) is 7.14. The van der Waals surface area contributed by atoms with Crippen molar-refractivity contribution in [1.29, 1.82) is 0 Å². The van der Waals surface area contributed by atoms with Crippen LogP contribution in [0.1, 0.15) is 53.6 Å². The van der Waals surface area contributed by atoms with Crippen LogP contribution in [0.4, 0.5) is 11.5 Å². The number of carbonyl (C=O) groups is 1. The first-order chi connectivity index (χ1) is 18.0. The lowest BCUT2D eigenvalue weighted by molar-refractivity contribution is -0.384. The smallest absolute Gasteiger partial charge is 0.269 e. The summed E-state index contributed by atoms with van der Waals surface area (Å²) in [5, 5.41) is 17.8. The molecule has 4 N–H and O–H groups in total. The van der Waals surface area contributed by atoms with Gasteiger partial charge < -0.3 is 16.4 Å². The number of imidazole rings is 1. The Morgan fingerprint density at radius 1 is 1.05 bits per heavy atom. The van der Waals surface area contributed by atoms with Crippen molar-refractivity contribution in [3.8, 4) is 11.3 Å². The summed E-state index contributed by atoms with van der Waals surface area (Å²) in [6, 6.07) is 18.1. The summed E-state index contributed by atoms with van der Waals surface area (Å²) in [6.45, 7) is 0.849. The maximum Gasteiger partial charge on any atom is 0.269 e. The van der Waals surface area contributed by atoms with Gasteiger partial charge in [0.25, 0.3) is 11.6 Å². The van der Waals surface area contributed by atoms with Crippen LogP contribution >= 0.6 is 0 Å². The molecular formula is C28H30N6O3. The molecule has 1 amide bonds. The molecule has 0 bridgehead atoms. The molecular weight excluding hydrogens is 468 g/mol. The van der Waals surface area contributed by atoms with Crippen LogP contribution in [-0.2, 0) is 13.1 Å². The van der Waals surface area contributed by atoms with Crippen molar-refractivity contribution >= 4 is 23.1 Å². The molecule has 1 aliphatic rings. The lowest BCUT2D eigenvalue weighted by Gasteiger charge is -2.24. The fraction of sp³-hybridized carbons (Fsp3) is 0.286. The van der Waals surface area contributed by atoms with E-state index >= 15 is 0 Å². The number of hydrogen-bond donors (Lipinski definition) is 3. The number of hydrogen-bond acceptors (Lipinski definition) is 6. The molecule has 0 radical (unpaired) electrons. The van der Waals surface area contributed by atoms with Crippen molar-refractivity contribution in [2.24, 2.45) is 5.73 Å². The fourth-order valence-corrected chi connectivity index (χ4v) is 4.86. The van der Waals surface area contributed by atoms with E-state index in [0.717, 1.165) is 35.3 Å². The second-order valence-electron chi connectivity index (χ2n) is 9.44. The molecule has 2 aromatic carbocycles. The monoisotopic (exact) mass is 498 g/mol. The number of rotatable bonds is 8. The van der Waals surface area contributed by atoms with Gasteiger partial charge >= 0.3 is 0 Å². The van der Waals surface area contributed by atoms with Crippen molar-refractivity contribution in [2.45, 2.75) is 51.2 Å². The molecule has 9 nitrogen and oxygen atoms in total. The topological polar surface area (TPSA) is 128 Å². The molecule has 190 valence electrons. The standard InChI is InChI=1S/C28H30N6O3/c29-17-19-5-4-6-20(15-19)18-30-28(35)22-13-14-33-25(16-22)32-26(21-9-11-24(12-10-21)34(36)37)27(33)31-23-7-2-1-3-8-23/h4-6,9-16,23,31H,1-3,7-8,17-18,29H2,(H,30,35). The van der Waals surface area contributed by atoms with E-state index in [1.807, 2.05) is 34.9 Å². The Labute approximate surface area is 214 Å². The van der Waals surface area contributed by atoms with E-state index in [-0.39, 0.29) is 11.6 Å². The van der Waals surface area contributed by atoms with E-state index in [2.05, 4.69) is 10.6 Å². The minimum atomic E-state index is -0.411. The molecule has 0 saturated heterocycles. The summed E-state index contributed by atoms with van der Waals surface area (Å²) in [5.41, 5.74) is 10.4. The van der Waals surface area contributed by atoms with E-state index in [1.54, 1.807) is 24.3 Å². The third-order valence-electron chi connectivity index (χ3n) is 6.87. The molecule has 0 aliphatic heterocycles. The molecule has 1 fully saturated rings. The highest BCUT2D eigenvalue weighted by molar-refractivity contribution is 5.95. The number of anilines is 1. The van der Waals surface area contributed by atoms with E-state index in [4.69, 9.17) is 10.7 Å². The summed E-state index contributed by atoms with van der Waals surface area (Å²) in [5.74, 6) is 0.642. The Bertz CT molecular complexity index is 1420. The lowest BCUT2D eigenvalue weighted by Crippen LogP contribution is -2.24. The minimum Gasteiger partial charge on any atom is -0.367 e. The number of carbonyl (C=O) groups excluding carboxylic acids is 1. The molecule has 1 aliphatic carbocycles. The van der Waals surface area contributed by atoms with Crippen LogP contribution in [0.25, 0.3) is 16.9 Å². The van der Waals surface area contributed by atoms with Crippen LogP contribution in [0.2, 0.25) is 0 Å². The number of non-ortho nitro benzene ring substituents is 1. The molecule has 2 aromatic heterocycles. The van der Waals surface area contributed by atoms with Gasteiger partial charge in [0, 0.05) is 48.6 Å². The quantitative estimate of drug-likeness (QED) is 0.231. The first-order valence-corrected chi connectivity index (χ1v) is 12.6. The number of nitro benzene ring substituents is 1. The van der Waals surface area contributed by atoms with Crippen molar-refractivity contribution in [3.63, 3.8) is 0 Å². The zero-order valence-corrected chi connectivity index (χ0v) is 20.5. The summed E-state index contributed by atoms with van der Waals surface area (Å²) in [7, 11) is 0. The summed E-state index contributed by atoms with van der Waals surface area (Å²) in [4.78, 5) is 28.5. The van der Waals surface area contributed by atoms with Crippen LogP contribution in [0, 0.1) is 10.1 Å². The van der Waals surface area contributed by atoms with Gasteiger partial charge in [-0.05, 0) is 48.2 Å². The largest absolute Gasteiger partial charge is 0.367 e. The number of nitrogens with zero attached hydrogens (tertiary/aromatic N) is 3. The molecule has 37 heavy (non-hydrogen) atoms. The van der Waals surface area contributed by atoms with Crippen LogP contribution in [0.15, 0.2) is 66.9 Å². The van der Waals surface area contributed by atoms with Gasteiger partial charge in [-0.2, -0.15) is 0 Å². The first kappa shape index (κ1) is 24.5. The number of pyridine rings is 1. The van der Waals surface area contributed by atoms with Gasteiger partial charge in [0.1, 0.15) is 17.2 Å². The highest BCUT2D eigenvalue weighted by atomic mass is 16.6. The van der Waals surface area contributed by atoms with Gasteiger partial charge in [0.2, 0.25) is 0 Å². The number of aromatic nitrogens is 2. The van der Waals surface area contributed by atoms with E-state index in [1.165, 1.54) is 31.4 Å². The van der Waals surface area contributed by atoms with Gasteiger partial charge in [-0.15, -0.1) is 0 Å². The number of nitrogens with one attached hydrogen (secondary N) is 2. The fourth-order valence-electron chi connectivity index (χ4n) is 4.86. The average Bonchev–Trinajstić information content (AvgIpc) is 3.29. The second kappa shape index (κ2) is 10.8. The summed E-state index contributed by atoms with van der Waals surface area (Å²) >= 11 is 0. The Morgan fingerprint density at radius 3 is 2.54 bits per heavy atom. The minimum absolute atomic E-state index is 0.0326. The zero-order valence-electron chi connectivity index (χ0n) is 20.5. The number of fused-ring (bicyclic) bond motifs is 1. The van der Waals surface area contributed by atoms with Crippen molar-refractivity contribution < 1.29 is 9.72 Å². The highest BCUT2D eigenvalue weighted by Crippen LogP contribution is 2.32. The predicted molar refractivity (Wildman–Crippen MR) is 143 cm³/mol. The molecule has 0 atom stereocenters. The molecule has 2 heterocycles. The van der Waals surface area contributed by atoms with Crippen LogP contribution in [0.3, 0.4) is 0 Å². The third-order valence-corrected chi connectivity index (χ3v) is 6.87. The van der Waals surface area contributed by atoms with Crippen molar-refractivity contribution in [3.05, 3.63) is 93.7 Å². The lowest BCUT2D eigenvalue weighted by atomic mass is 9.95. The number of nitro groups is 1. The highest BCUT2D eigenvalue weighted by Gasteiger charge is 2.21. The number of nitrogens with two attached hydrogens (primary N) is 1. The molecule has 4 aromatic rings. The molecule has 9 heteroatoms. The van der Waals surface area contributed by atoms with Crippen LogP contribution in [0.5, 0.6) is 0 Å². The zero-order chi connectivity index (χ0) is 25.8. The molecule has 5 rings (SSSR count). The molecule has 0 spiro atoms. The predicted octanol–water partition coefficient (Wildman–Crippen LogP) is 5.04. The molecule has 0 unspecified atom stereocenters. The number of amides is 1. The molecule has 1 saturated carbocycles. The van der Waals surface area contributed by atoms with Crippen LogP contribution < -0.4 is 16.4 Å². The second-order valence-corrected chi connectivity index (χ2v) is 9.44. The van der Waals surface area contributed by atoms with Gasteiger partial charge in [0.15, 0.2) is 0 Å².